The highest BCUT2D eigenvalue weighted by Crippen LogP contribution is 2.29. The summed E-state index contributed by atoms with van der Waals surface area (Å²) in [5.41, 5.74) is 0.136. The predicted octanol–water partition coefficient (Wildman–Crippen LogP) is 4.07. The van der Waals surface area contributed by atoms with E-state index in [9.17, 15) is 18.0 Å². The van der Waals surface area contributed by atoms with Crippen LogP contribution in [0.1, 0.15) is 10.6 Å². The number of para-hydroxylation sites is 1. The van der Waals surface area contributed by atoms with Gasteiger partial charge in [0, 0.05) is 38.5 Å². The van der Waals surface area contributed by atoms with E-state index >= 15 is 0 Å². The Labute approximate surface area is 169 Å². The highest BCUT2D eigenvalue weighted by molar-refractivity contribution is 7.19. The number of amides is 1. The Hall–Kier alpha value is -2.94. The molecule has 0 aliphatic carbocycles. The highest BCUT2D eigenvalue weighted by Gasteiger charge is 2.31. The number of aromatic nitrogens is 2. The maximum atomic E-state index is 12.6. The summed E-state index contributed by atoms with van der Waals surface area (Å²) in [6, 6.07) is 10.2. The second-order valence-corrected chi connectivity index (χ2v) is 7.63. The third kappa shape index (κ3) is 4.40. The molecule has 4 rings (SSSR count). The van der Waals surface area contributed by atoms with Crippen molar-refractivity contribution < 1.29 is 18.0 Å². The van der Waals surface area contributed by atoms with Gasteiger partial charge < -0.3 is 9.80 Å². The number of carbonyl (C=O) groups excluding carboxylic acids is 1. The van der Waals surface area contributed by atoms with Gasteiger partial charge in [0.2, 0.25) is 5.91 Å². The van der Waals surface area contributed by atoms with Gasteiger partial charge in [-0.3, -0.25) is 4.79 Å². The number of thiazole rings is 1. The van der Waals surface area contributed by atoms with Gasteiger partial charge in [-0.1, -0.05) is 12.1 Å². The first-order chi connectivity index (χ1) is 13.9. The molecule has 3 aromatic rings. The van der Waals surface area contributed by atoms with Crippen LogP contribution in [-0.2, 0) is 11.0 Å². The van der Waals surface area contributed by atoms with E-state index in [-0.39, 0.29) is 5.91 Å². The lowest BCUT2D eigenvalue weighted by Gasteiger charge is -2.35. The van der Waals surface area contributed by atoms with Crippen molar-refractivity contribution in [2.24, 2.45) is 0 Å². The number of hydrogen-bond donors (Lipinski definition) is 0. The van der Waals surface area contributed by atoms with Crippen LogP contribution < -0.4 is 4.90 Å². The first-order valence-electron chi connectivity index (χ1n) is 9.01. The topological polar surface area (TPSA) is 49.3 Å². The van der Waals surface area contributed by atoms with Crippen LogP contribution in [0.4, 0.5) is 19.0 Å². The number of hydrogen-bond acceptors (Lipinski definition) is 5. The molecule has 0 unspecified atom stereocenters. The summed E-state index contributed by atoms with van der Waals surface area (Å²) >= 11 is 1.52. The molecule has 1 amide bonds. The van der Waals surface area contributed by atoms with Gasteiger partial charge in [0.05, 0.1) is 15.8 Å². The van der Waals surface area contributed by atoms with Gasteiger partial charge in [0.15, 0.2) is 0 Å². The summed E-state index contributed by atoms with van der Waals surface area (Å²) in [4.78, 5) is 24.4. The second kappa shape index (κ2) is 7.82. The van der Waals surface area contributed by atoms with Crippen molar-refractivity contribution in [2.75, 3.05) is 31.1 Å². The SMILES string of the molecule is O=C(/C=C/c1nc2ccccc2s1)N1CCN(c2ccc(C(F)(F)F)cn2)CC1. The lowest BCUT2D eigenvalue weighted by molar-refractivity contribution is -0.137. The average Bonchev–Trinajstić information content (AvgIpc) is 3.15. The molecule has 9 heteroatoms. The fourth-order valence-corrected chi connectivity index (χ4v) is 3.98. The molecule has 0 saturated carbocycles. The molecule has 1 saturated heterocycles. The predicted molar refractivity (Wildman–Crippen MR) is 107 cm³/mol. The van der Waals surface area contributed by atoms with Gasteiger partial charge in [-0.2, -0.15) is 13.2 Å². The molecule has 1 aromatic carbocycles. The lowest BCUT2D eigenvalue weighted by Crippen LogP contribution is -2.48. The van der Waals surface area contributed by atoms with Gasteiger partial charge in [-0.25, -0.2) is 9.97 Å². The molecule has 2 aromatic heterocycles. The van der Waals surface area contributed by atoms with Crippen LogP contribution >= 0.6 is 11.3 Å². The number of halogens is 3. The molecule has 1 aliphatic rings. The minimum absolute atomic E-state index is 0.107. The number of piperazine rings is 1. The smallest absolute Gasteiger partial charge is 0.353 e. The molecule has 1 aliphatic heterocycles. The number of carbonyl (C=O) groups is 1. The molecule has 0 radical (unpaired) electrons. The average molecular weight is 418 g/mol. The van der Waals surface area contributed by atoms with E-state index in [0.717, 1.165) is 27.5 Å². The Morgan fingerprint density at radius 2 is 1.83 bits per heavy atom. The largest absolute Gasteiger partial charge is 0.417 e. The number of fused-ring (bicyclic) bond motifs is 1. The van der Waals surface area contributed by atoms with Crippen LogP contribution in [0.5, 0.6) is 0 Å². The number of benzene rings is 1. The second-order valence-electron chi connectivity index (χ2n) is 6.57. The van der Waals surface area contributed by atoms with E-state index in [2.05, 4.69) is 9.97 Å². The fraction of sp³-hybridized carbons (Fsp3) is 0.250. The Kier molecular flexibility index (Phi) is 5.23. The molecular formula is C20H17F3N4OS. The van der Waals surface area contributed by atoms with E-state index in [1.54, 1.807) is 11.0 Å². The molecule has 1 fully saturated rings. The number of anilines is 1. The summed E-state index contributed by atoms with van der Waals surface area (Å²) in [6.45, 7) is 1.98. The number of rotatable bonds is 3. The van der Waals surface area contributed by atoms with Crippen molar-refractivity contribution in [3.63, 3.8) is 0 Å². The Bertz CT molecular complexity index is 1000. The maximum Gasteiger partial charge on any atom is 0.417 e. The third-order valence-electron chi connectivity index (χ3n) is 4.67. The van der Waals surface area contributed by atoms with Crippen LogP contribution in [0.3, 0.4) is 0 Å². The maximum absolute atomic E-state index is 12.6. The first-order valence-corrected chi connectivity index (χ1v) is 9.82. The summed E-state index contributed by atoms with van der Waals surface area (Å²) in [5, 5.41) is 0.771. The third-order valence-corrected chi connectivity index (χ3v) is 5.67. The van der Waals surface area contributed by atoms with Gasteiger partial charge in [-0.15, -0.1) is 11.3 Å². The highest BCUT2D eigenvalue weighted by atomic mass is 32.1. The molecule has 3 heterocycles. The van der Waals surface area contributed by atoms with Gasteiger partial charge in [-0.05, 0) is 30.3 Å². The molecule has 150 valence electrons. The van der Waals surface area contributed by atoms with Gasteiger partial charge in [0.1, 0.15) is 10.8 Å². The van der Waals surface area contributed by atoms with Crippen molar-refractivity contribution in [3.8, 4) is 0 Å². The number of nitrogens with zero attached hydrogens (tertiary/aromatic N) is 4. The zero-order valence-corrected chi connectivity index (χ0v) is 16.1. The summed E-state index contributed by atoms with van der Waals surface area (Å²) in [7, 11) is 0. The van der Waals surface area contributed by atoms with E-state index < -0.39 is 11.7 Å². The van der Waals surface area contributed by atoms with Gasteiger partial charge in [0.25, 0.3) is 0 Å². The van der Waals surface area contributed by atoms with Crippen LogP contribution in [-0.4, -0.2) is 47.0 Å². The van der Waals surface area contributed by atoms with Crippen LogP contribution in [0.2, 0.25) is 0 Å². The van der Waals surface area contributed by atoms with E-state index in [1.165, 1.54) is 23.5 Å². The van der Waals surface area contributed by atoms with Crippen LogP contribution in [0.15, 0.2) is 48.7 Å². The molecule has 0 bridgehead atoms. The molecular weight excluding hydrogens is 401 g/mol. The standard InChI is InChI=1S/C20H17F3N4OS/c21-20(22,23)14-5-6-17(24-13-14)26-9-11-27(12-10-26)19(28)8-7-18-25-15-3-1-2-4-16(15)29-18/h1-8,13H,9-12H2/b8-7+. The fourth-order valence-electron chi connectivity index (χ4n) is 3.11. The van der Waals surface area contributed by atoms with Crippen molar-refractivity contribution in [2.45, 2.75) is 6.18 Å². The van der Waals surface area contributed by atoms with Crippen molar-refractivity contribution in [1.29, 1.82) is 0 Å². The first kappa shape index (κ1) is 19.4. The Balaban J connectivity index is 1.34. The zero-order chi connectivity index (χ0) is 20.4. The van der Waals surface area contributed by atoms with Gasteiger partial charge >= 0.3 is 6.18 Å². The molecule has 0 atom stereocenters. The molecule has 5 nitrogen and oxygen atoms in total. The summed E-state index contributed by atoms with van der Waals surface area (Å²) < 4.78 is 39.0. The van der Waals surface area contributed by atoms with E-state index in [0.29, 0.717) is 32.0 Å². The van der Waals surface area contributed by atoms with Crippen LogP contribution in [0.25, 0.3) is 16.3 Å². The van der Waals surface area contributed by atoms with Crippen molar-refractivity contribution >= 4 is 39.4 Å². The molecule has 0 spiro atoms. The van der Waals surface area contributed by atoms with E-state index in [1.807, 2.05) is 29.2 Å². The number of pyridine rings is 1. The number of alkyl halides is 3. The van der Waals surface area contributed by atoms with Crippen molar-refractivity contribution in [1.82, 2.24) is 14.9 Å². The zero-order valence-electron chi connectivity index (χ0n) is 15.3. The Morgan fingerprint density at radius 3 is 2.48 bits per heavy atom. The normalized spacial score (nSPS) is 15.4. The van der Waals surface area contributed by atoms with Crippen molar-refractivity contribution in [3.05, 3.63) is 59.2 Å². The lowest BCUT2D eigenvalue weighted by atomic mass is 10.2. The van der Waals surface area contributed by atoms with Crippen LogP contribution in [0, 0.1) is 0 Å². The Morgan fingerprint density at radius 1 is 1.07 bits per heavy atom. The minimum Gasteiger partial charge on any atom is -0.353 e. The summed E-state index contributed by atoms with van der Waals surface area (Å²) in [5.74, 6) is 0.374. The quantitative estimate of drug-likeness (QED) is 0.602. The molecule has 29 heavy (non-hydrogen) atoms. The molecule has 0 N–H and O–H groups in total. The minimum atomic E-state index is -4.40. The monoisotopic (exact) mass is 418 g/mol. The van der Waals surface area contributed by atoms with E-state index in [4.69, 9.17) is 0 Å². The summed E-state index contributed by atoms with van der Waals surface area (Å²) in [6.07, 6.45) is -0.319.